The molecule has 0 heterocycles. The normalized spacial score (nSPS) is 18.7. The monoisotopic (exact) mass is 358 g/mol. The van der Waals surface area contributed by atoms with Gasteiger partial charge in [-0.3, -0.25) is 0 Å². The molecule has 0 rings (SSSR count). The third kappa shape index (κ3) is 7.38. The van der Waals surface area contributed by atoms with Crippen molar-refractivity contribution in [1.82, 2.24) is 0 Å². The standard InChI is InChI=1S/C20H42O3Si/c1-11-18(15(5)6)21-24(14-4,22-19(12-2)16(7)8)23-20(13-3)17(9)10/h14-20H,4,11-13H2,1-3,5-10H3. The Hall–Kier alpha value is -0.163. The zero-order chi connectivity index (χ0) is 18.9. The first-order chi connectivity index (χ1) is 11.2. The SMILES string of the molecule is C=C[Si](OC(CC)C(C)C)(OC(CC)C(C)C)OC(CC)C(C)C. The van der Waals surface area contributed by atoms with Crippen molar-refractivity contribution in [3.63, 3.8) is 0 Å². The molecular weight excluding hydrogens is 316 g/mol. The van der Waals surface area contributed by atoms with E-state index < -0.39 is 8.80 Å². The van der Waals surface area contributed by atoms with Crippen LogP contribution < -0.4 is 0 Å². The summed E-state index contributed by atoms with van der Waals surface area (Å²) in [5.41, 5.74) is 1.84. The van der Waals surface area contributed by atoms with Crippen LogP contribution in [-0.2, 0) is 13.3 Å². The summed E-state index contributed by atoms with van der Waals surface area (Å²) in [7, 11) is -2.95. The van der Waals surface area contributed by atoms with Crippen molar-refractivity contribution in [2.75, 3.05) is 0 Å². The average Bonchev–Trinajstić information content (AvgIpc) is 2.53. The van der Waals surface area contributed by atoms with E-state index in [0.29, 0.717) is 17.8 Å². The molecule has 0 bridgehead atoms. The van der Waals surface area contributed by atoms with Crippen molar-refractivity contribution in [3.05, 3.63) is 12.3 Å². The first kappa shape index (κ1) is 23.8. The molecule has 3 atom stereocenters. The largest absolute Gasteiger partial charge is 0.529 e. The van der Waals surface area contributed by atoms with Gasteiger partial charge >= 0.3 is 8.80 Å². The van der Waals surface area contributed by atoms with Crippen LogP contribution in [0.25, 0.3) is 0 Å². The molecule has 144 valence electrons. The van der Waals surface area contributed by atoms with E-state index in [9.17, 15) is 0 Å². The number of hydrogen-bond acceptors (Lipinski definition) is 3. The molecule has 0 aromatic carbocycles. The molecule has 0 saturated heterocycles. The Morgan fingerprint density at radius 3 is 1.04 bits per heavy atom. The van der Waals surface area contributed by atoms with Crippen LogP contribution in [0.3, 0.4) is 0 Å². The highest BCUT2D eigenvalue weighted by atomic mass is 28.4. The summed E-state index contributed by atoms with van der Waals surface area (Å²) in [4.78, 5) is 0. The Labute approximate surface area is 152 Å². The maximum atomic E-state index is 6.54. The lowest BCUT2D eigenvalue weighted by Crippen LogP contribution is -2.53. The molecule has 0 saturated carbocycles. The lowest BCUT2D eigenvalue weighted by atomic mass is 10.1. The van der Waals surface area contributed by atoms with Crippen molar-refractivity contribution in [2.24, 2.45) is 17.8 Å². The van der Waals surface area contributed by atoms with Gasteiger partial charge in [-0.15, -0.1) is 0 Å². The Morgan fingerprint density at radius 1 is 0.667 bits per heavy atom. The summed E-state index contributed by atoms with van der Waals surface area (Å²) >= 11 is 0. The van der Waals surface area contributed by atoms with Crippen LogP contribution in [0.15, 0.2) is 12.3 Å². The first-order valence-corrected chi connectivity index (χ1v) is 11.6. The van der Waals surface area contributed by atoms with E-state index in [0.717, 1.165) is 19.3 Å². The summed E-state index contributed by atoms with van der Waals surface area (Å²) in [6.45, 7) is 23.7. The first-order valence-electron chi connectivity index (χ1n) is 9.83. The molecule has 3 nitrogen and oxygen atoms in total. The molecule has 0 aromatic rings. The molecule has 0 aromatic heterocycles. The minimum Gasteiger partial charge on any atom is -0.367 e. The van der Waals surface area contributed by atoms with Gasteiger partial charge in [0.15, 0.2) is 0 Å². The number of hydrogen-bond donors (Lipinski definition) is 0. The van der Waals surface area contributed by atoms with Crippen LogP contribution in [0.1, 0.15) is 81.6 Å². The van der Waals surface area contributed by atoms with Crippen molar-refractivity contribution in [1.29, 1.82) is 0 Å². The van der Waals surface area contributed by atoms with Crippen LogP contribution in [0.2, 0.25) is 0 Å². The molecule has 24 heavy (non-hydrogen) atoms. The molecule has 0 fully saturated rings. The van der Waals surface area contributed by atoms with Gasteiger partial charge in [0, 0.05) is 0 Å². The fourth-order valence-corrected chi connectivity index (χ4v) is 5.97. The molecule has 4 heteroatoms. The lowest BCUT2D eigenvalue weighted by molar-refractivity contribution is -0.0411. The smallest absolute Gasteiger partial charge is 0.367 e. The summed E-state index contributed by atoms with van der Waals surface area (Å²) in [6.07, 6.45) is 3.23. The van der Waals surface area contributed by atoms with Gasteiger partial charge in [0.2, 0.25) is 0 Å². The summed E-state index contributed by atoms with van der Waals surface area (Å²) in [6, 6.07) is 0. The van der Waals surface area contributed by atoms with E-state index in [2.05, 4.69) is 68.9 Å². The van der Waals surface area contributed by atoms with Crippen molar-refractivity contribution in [2.45, 2.75) is 99.9 Å². The second-order valence-corrected chi connectivity index (χ2v) is 10.1. The van der Waals surface area contributed by atoms with Gasteiger partial charge in [-0.1, -0.05) is 68.9 Å². The minimum absolute atomic E-state index is 0.129. The highest BCUT2D eigenvalue weighted by Gasteiger charge is 2.45. The van der Waals surface area contributed by atoms with Crippen molar-refractivity contribution >= 4 is 8.80 Å². The Bertz CT molecular complexity index is 296. The van der Waals surface area contributed by atoms with Gasteiger partial charge < -0.3 is 13.3 Å². The van der Waals surface area contributed by atoms with E-state index in [1.807, 2.05) is 5.70 Å². The van der Waals surface area contributed by atoms with Crippen LogP contribution in [0, 0.1) is 17.8 Å². The van der Waals surface area contributed by atoms with Crippen LogP contribution in [-0.4, -0.2) is 27.1 Å². The van der Waals surface area contributed by atoms with Gasteiger partial charge in [0.05, 0.1) is 18.3 Å². The molecule has 3 unspecified atom stereocenters. The van der Waals surface area contributed by atoms with Crippen LogP contribution >= 0.6 is 0 Å². The zero-order valence-corrected chi connectivity index (χ0v) is 18.6. The molecule has 0 N–H and O–H groups in total. The molecule has 0 spiro atoms. The molecule has 0 aliphatic rings. The summed E-state index contributed by atoms with van der Waals surface area (Å²) < 4.78 is 19.6. The zero-order valence-electron chi connectivity index (χ0n) is 17.6. The maximum absolute atomic E-state index is 6.54. The quantitative estimate of drug-likeness (QED) is 0.378. The summed E-state index contributed by atoms with van der Waals surface area (Å²) in [5.74, 6) is 1.27. The second-order valence-electron chi connectivity index (χ2n) is 7.73. The summed E-state index contributed by atoms with van der Waals surface area (Å²) in [5, 5.41) is 0. The van der Waals surface area contributed by atoms with Crippen molar-refractivity contribution < 1.29 is 13.3 Å². The molecule has 0 amide bonds. The maximum Gasteiger partial charge on any atom is 0.529 e. The van der Waals surface area contributed by atoms with Gasteiger partial charge in [-0.2, -0.15) is 0 Å². The fourth-order valence-electron chi connectivity index (χ4n) is 2.93. The number of rotatable bonds is 13. The van der Waals surface area contributed by atoms with Gasteiger partial charge in [0.1, 0.15) is 0 Å². The van der Waals surface area contributed by atoms with Gasteiger partial charge in [0.25, 0.3) is 0 Å². The predicted molar refractivity (Wildman–Crippen MR) is 106 cm³/mol. The van der Waals surface area contributed by atoms with E-state index in [1.165, 1.54) is 0 Å². The Morgan fingerprint density at radius 2 is 0.917 bits per heavy atom. The van der Waals surface area contributed by atoms with E-state index in [-0.39, 0.29) is 18.3 Å². The average molecular weight is 359 g/mol. The Kier molecular flexibility index (Phi) is 11.4. The van der Waals surface area contributed by atoms with Crippen LogP contribution in [0.4, 0.5) is 0 Å². The minimum atomic E-state index is -2.95. The second kappa shape index (κ2) is 11.5. The highest BCUT2D eigenvalue weighted by molar-refractivity contribution is 6.66. The van der Waals surface area contributed by atoms with E-state index in [4.69, 9.17) is 13.3 Å². The third-order valence-corrected chi connectivity index (χ3v) is 7.03. The highest BCUT2D eigenvalue weighted by Crippen LogP contribution is 2.28. The third-order valence-electron chi connectivity index (χ3n) is 4.63. The fraction of sp³-hybridized carbons (Fsp3) is 0.900. The molecule has 0 radical (unpaired) electrons. The van der Waals surface area contributed by atoms with Gasteiger partial charge in [-0.25, -0.2) is 0 Å². The van der Waals surface area contributed by atoms with Crippen molar-refractivity contribution in [3.8, 4) is 0 Å². The lowest BCUT2D eigenvalue weighted by Gasteiger charge is -2.39. The van der Waals surface area contributed by atoms with Crippen LogP contribution in [0.5, 0.6) is 0 Å². The Balaban J connectivity index is 5.59. The van der Waals surface area contributed by atoms with Gasteiger partial charge in [-0.05, 0) is 42.7 Å². The van der Waals surface area contributed by atoms with E-state index >= 15 is 0 Å². The van der Waals surface area contributed by atoms with E-state index in [1.54, 1.807) is 0 Å². The molecular formula is C20H42O3Si. The topological polar surface area (TPSA) is 27.7 Å². The predicted octanol–water partition coefficient (Wildman–Crippen LogP) is 6.00. The molecule has 0 aliphatic heterocycles. The molecule has 0 aliphatic carbocycles.